The summed E-state index contributed by atoms with van der Waals surface area (Å²) in [5.74, 6) is 0.246. The van der Waals surface area contributed by atoms with Crippen LogP contribution in [0.3, 0.4) is 0 Å². The number of nitrogens with one attached hydrogen (secondary N) is 1. The molecule has 2 aromatic heterocycles. The molecule has 0 aromatic carbocycles. The van der Waals surface area contributed by atoms with Gasteiger partial charge in [0.2, 0.25) is 11.8 Å². The quantitative estimate of drug-likeness (QED) is 0.667. The zero-order valence-electron chi connectivity index (χ0n) is 11.5. The fourth-order valence-corrected chi connectivity index (χ4v) is 3.70. The van der Waals surface area contributed by atoms with Crippen LogP contribution in [0.4, 0.5) is 17.5 Å². The van der Waals surface area contributed by atoms with Gasteiger partial charge in [-0.25, -0.2) is 4.98 Å². The average molecular weight is 305 g/mol. The first kappa shape index (κ1) is 13.7. The summed E-state index contributed by atoms with van der Waals surface area (Å²) >= 11 is 1.73. The Labute approximate surface area is 125 Å². The van der Waals surface area contributed by atoms with Gasteiger partial charge in [-0.2, -0.15) is 4.98 Å². The van der Waals surface area contributed by atoms with Crippen LogP contribution in [0, 0.1) is 17.0 Å². The van der Waals surface area contributed by atoms with Crippen LogP contribution in [0.5, 0.6) is 0 Å². The highest BCUT2D eigenvalue weighted by atomic mass is 32.1. The number of hydrogen-bond donors (Lipinski definition) is 2. The lowest BCUT2D eigenvalue weighted by atomic mass is 9.94. The molecule has 3 rings (SSSR count). The van der Waals surface area contributed by atoms with Gasteiger partial charge in [0.1, 0.15) is 5.69 Å². The number of thiophene rings is 1. The van der Waals surface area contributed by atoms with Crippen LogP contribution in [0.2, 0.25) is 0 Å². The van der Waals surface area contributed by atoms with Crippen LogP contribution in [0.25, 0.3) is 0 Å². The number of nitrogen functional groups attached to an aromatic ring is 1. The minimum absolute atomic E-state index is 0.0346. The summed E-state index contributed by atoms with van der Waals surface area (Å²) in [5, 5.41) is 16.5. The Morgan fingerprint density at radius 3 is 3.10 bits per heavy atom. The van der Waals surface area contributed by atoms with Crippen molar-refractivity contribution in [3.05, 3.63) is 37.7 Å². The summed E-state index contributed by atoms with van der Waals surface area (Å²) < 4.78 is 0. The first-order chi connectivity index (χ1) is 10.1. The molecule has 8 heteroatoms. The molecule has 1 unspecified atom stereocenters. The second kappa shape index (κ2) is 5.28. The molecule has 0 radical (unpaired) electrons. The predicted octanol–water partition coefficient (Wildman–Crippen LogP) is 2.83. The lowest BCUT2D eigenvalue weighted by Gasteiger charge is -2.24. The second-order valence-electron chi connectivity index (χ2n) is 5.01. The zero-order chi connectivity index (χ0) is 15.0. The third-order valence-electron chi connectivity index (χ3n) is 3.62. The zero-order valence-corrected chi connectivity index (χ0v) is 12.3. The molecule has 1 atom stereocenters. The van der Waals surface area contributed by atoms with E-state index in [1.165, 1.54) is 10.4 Å². The minimum Gasteiger partial charge on any atom is -0.368 e. The van der Waals surface area contributed by atoms with Crippen molar-refractivity contribution in [1.29, 1.82) is 0 Å². The van der Waals surface area contributed by atoms with E-state index in [1.54, 1.807) is 18.3 Å². The molecule has 0 saturated heterocycles. The first-order valence-electron chi connectivity index (χ1n) is 6.67. The van der Waals surface area contributed by atoms with E-state index in [0.29, 0.717) is 0 Å². The maximum Gasteiger partial charge on any atom is 0.332 e. The Kier molecular flexibility index (Phi) is 3.46. The van der Waals surface area contributed by atoms with Crippen LogP contribution in [-0.4, -0.2) is 14.9 Å². The summed E-state index contributed by atoms with van der Waals surface area (Å²) in [6, 6.07) is 2.10. The molecule has 1 aliphatic carbocycles. The third kappa shape index (κ3) is 2.54. The average Bonchev–Trinajstić information content (AvgIpc) is 2.86. The van der Waals surface area contributed by atoms with E-state index >= 15 is 0 Å². The molecule has 0 saturated carbocycles. The van der Waals surface area contributed by atoms with Crippen molar-refractivity contribution >= 4 is 28.8 Å². The highest BCUT2D eigenvalue weighted by molar-refractivity contribution is 7.10. The second-order valence-corrected chi connectivity index (χ2v) is 6.01. The molecule has 110 valence electrons. The molecular formula is C13H15N5O2S. The van der Waals surface area contributed by atoms with Crippen molar-refractivity contribution in [2.24, 2.45) is 0 Å². The topological polar surface area (TPSA) is 107 Å². The van der Waals surface area contributed by atoms with Crippen molar-refractivity contribution in [3.8, 4) is 0 Å². The lowest BCUT2D eigenvalue weighted by Crippen LogP contribution is -2.18. The molecule has 1 aliphatic rings. The van der Waals surface area contributed by atoms with Gasteiger partial charge in [0.15, 0.2) is 0 Å². The van der Waals surface area contributed by atoms with Gasteiger partial charge in [-0.15, -0.1) is 11.3 Å². The van der Waals surface area contributed by atoms with Gasteiger partial charge < -0.3 is 11.1 Å². The number of aromatic nitrogens is 2. The number of rotatable bonds is 3. The summed E-state index contributed by atoms with van der Waals surface area (Å²) in [6.07, 6.45) is 3.04. The number of hydrogen-bond acceptors (Lipinski definition) is 7. The highest BCUT2D eigenvalue weighted by Crippen LogP contribution is 2.37. The summed E-state index contributed by atoms with van der Waals surface area (Å²) in [7, 11) is 0. The van der Waals surface area contributed by atoms with Gasteiger partial charge >= 0.3 is 5.69 Å². The van der Waals surface area contributed by atoms with Crippen LogP contribution in [0.15, 0.2) is 11.4 Å². The van der Waals surface area contributed by atoms with Gasteiger partial charge in [-0.1, -0.05) is 0 Å². The molecule has 0 aliphatic heterocycles. The Morgan fingerprint density at radius 1 is 1.52 bits per heavy atom. The lowest BCUT2D eigenvalue weighted by molar-refractivity contribution is -0.385. The number of aryl methyl sites for hydroxylation is 2. The molecule has 2 aromatic rings. The molecule has 3 N–H and O–H groups in total. The third-order valence-corrected chi connectivity index (χ3v) is 4.62. The number of nitrogens with zero attached hydrogens (tertiary/aromatic N) is 3. The Balaban J connectivity index is 1.98. The first-order valence-corrected chi connectivity index (χ1v) is 7.55. The van der Waals surface area contributed by atoms with Crippen molar-refractivity contribution in [2.75, 3.05) is 11.1 Å². The molecule has 0 spiro atoms. The van der Waals surface area contributed by atoms with Crippen molar-refractivity contribution < 1.29 is 4.92 Å². The van der Waals surface area contributed by atoms with Crippen LogP contribution >= 0.6 is 11.3 Å². The largest absolute Gasteiger partial charge is 0.368 e. The fourth-order valence-electron chi connectivity index (χ4n) is 2.71. The maximum atomic E-state index is 11.2. The van der Waals surface area contributed by atoms with Gasteiger partial charge in [0.25, 0.3) is 0 Å². The smallest absolute Gasteiger partial charge is 0.332 e. The van der Waals surface area contributed by atoms with E-state index in [2.05, 4.69) is 26.7 Å². The van der Waals surface area contributed by atoms with Gasteiger partial charge in [0, 0.05) is 4.88 Å². The monoisotopic (exact) mass is 305 g/mol. The number of nitro groups is 1. The molecule has 7 nitrogen and oxygen atoms in total. The van der Waals surface area contributed by atoms with E-state index < -0.39 is 4.92 Å². The van der Waals surface area contributed by atoms with Crippen molar-refractivity contribution in [3.63, 3.8) is 0 Å². The number of fused-ring (bicyclic) bond motifs is 1. The van der Waals surface area contributed by atoms with Gasteiger partial charge in [-0.05, 0) is 43.2 Å². The minimum atomic E-state index is -0.464. The molecule has 2 heterocycles. The van der Waals surface area contributed by atoms with E-state index in [1.807, 2.05) is 0 Å². The highest BCUT2D eigenvalue weighted by Gasteiger charge is 2.27. The summed E-state index contributed by atoms with van der Waals surface area (Å²) in [5.41, 5.74) is 7.00. The van der Waals surface area contributed by atoms with Crippen molar-refractivity contribution in [1.82, 2.24) is 9.97 Å². The van der Waals surface area contributed by atoms with Gasteiger partial charge in [0.05, 0.1) is 11.0 Å². The van der Waals surface area contributed by atoms with E-state index in [0.717, 1.165) is 19.3 Å². The maximum absolute atomic E-state index is 11.2. The Morgan fingerprint density at radius 2 is 2.33 bits per heavy atom. The standard InChI is InChI=1S/C13H15N5O2S/c1-7-11(18(19)20)12(17-13(14)15-7)16-9-3-2-4-10-8(9)5-6-21-10/h5-6,9H,2-4H2,1H3,(H3,14,15,16,17). The summed E-state index contributed by atoms with van der Waals surface area (Å²) in [6.45, 7) is 1.57. The number of anilines is 2. The summed E-state index contributed by atoms with van der Waals surface area (Å²) in [4.78, 5) is 20.0. The molecule has 0 bridgehead atoms. The normalized spacial score (nSPS) is 17.3. The molecule has 0 amide bonds. The molecule has 0 fully saturated rings. The predicted molar refractivity (Wildman–Crippen MR) is 81.5 cm³/mol. The van der Waals surface area contributed by atoms with Crippen LogP contribution in [-0.2, 0) is 6.42 Å². The van der Waals surface area contributed by atoms with Crippen molar-refractivity contribution in [2.45, 2.75) is 32.2 Å². The van der Waals surface area contributed by atoms with Crippen LogP contribution < -0.4 is 11.1 Å². The number of nitrogens with two attached hydrogens (primary N) is 1. The van der Waals surface area contributed by atoms with E-state index in [9.17, 15) is 10.1 Å². The van der Waals surface area contributed by atoms with Gasteiger partial charge in [-0.3, -0.25) is 10.1 Å². The van der Waals surface area contributed by atoms with E-state index in [4.69, 9.17) is 5.73 Å². The fraction of sp³-hybridized carbons (Fsp3) is 0.385. The molecular weight excluding hydrogens is 290 g/mol. The SMILES string of the molecule is Cc1nc(N)nc(NC2CCCc3sccc32)c1[N+](=O)[O-]. The Hall–Kier alpha value is -2.22. The van der Waals surface area contributed by atoms with E-state index in [-0.39, 0.29) is 29.2 Å². The van der Waals surface area contributed by atoms with Crippen LogP contribution in [0.1, 0.15) is 35.0 Å². The Bertz CT molecular complexity index is 700. The molecule has 21 heavy (non-hydrogen) atoms.